The number of carbonyl (C=O) groups excluding carboxylic acids is 1. The maximum absolute atomic E-state index is 11.1. The second-order valence-electron chi connectivity index (χ2n) is 2.71. The van der Waals surface area contributed by atoms with Crippen LogP contribution in [0.25, 0.3) is 0 Å². The molecular formula is C10H9NO3. The number of aromatic hydroxyl groups is 1. The van der Waals surface area contributed by atoms with Crippen LogP contribution in [-0.2, 0) is 0 Å². The molecule has 1 aromatic rings. The van der Waals surface area contributed by atoms with Gasteiger partial charge in [-0.15, -0.1) is 0 Å². The number of Topliss-reactive ketones (excluding diaryl/α,β-unsaturated/α-hetero) is 1. The number of ether oxygens (including phenoxy) is 1. The van der Waals surface area contributed by atoms with Crippen molar-refractivity contribution in [2.75, 3.05) is 7.11 Å². The van der Waals surface area contributed by atoms with E-state index in [9.17, 15) is 9.90 Å². The summed E-state index contributed by atoms with van der Waals surface area (Å²) in [6, 6.07) is 4.64. The standard InChI is InChI=1S/C10H9NO3/c1-6(12)8-4-3-7(5-11)9(13)10(8)14-2/h3-4,13H,1-2H3. The van der Waals surface area contributed by atoms with Crippen LogP contribution in [0.15, 0.2) is 12.1 Å². The van der Waals surface area contributed by atoms with Gasteiger partial charge in [-0.3, -0.25) is 4.79 Å². The topological polar surface area (TPSA) is 70.3 Å². The molecule has 0 aliphatic carbocycles. The van der Waals surface area contributed by atoms with Crippen LogP contribution >= 0.6 is 0 Å². The Kier molecular flexibility index (Phi) is 2.73. The first-order valence-corrected chi connectivity index (χ1v) is 3.92. The molecular weight excluding hydrogens is 182 g/mol. The number of rotatable bonds is 2. The van der Waals surface area contributed by atoms with E-state index < -0.39 is 0 Å². The first-order valence-electron chi connectivity index (χ1n) is 3.92. The van der Waals surface area contributed by atoms with Crippen LogP contribution in [0.1, 0.15) is 22.8 Å². The summed E-state index contributed by atoms with van der Waals surface area (Å²) in [6.07, 6.45) is 0. The molecule has 1 N–H and O–H groups in total. The minimum absolute atomic E-state index is 0.0524. The summed E-state index contributed by atoms with van der Waals surface area (Å²) in [4.78, 5) is 11.1. The highest BCUT2D eigenvalue weighted by atomic mass is 16.5. The molecule has 4 nitrogen and oxygen atoms in total. The van der Waals surface area contributed by atoms with E-state index in [2.05, 4.69) is 0 Å². The van der Waals surface area contributed by atoms with Crippen molar-refractivity contribution in [1.82, 2.24) is 0 Å². The van der Waals surface area contributed by atoms with Crippen LogP contribution in [0, 0.1) is 11.3 Å². The monoisotopic (exact) mass is 191 g/mol. The molecule has 0 heterocycles. The van der Waals surface area contributed by atoms with Crippen molar-refractivity contribution >= 4 is 5.78 Å². The first-order chi connectivity index (χ1) is 6.61. The molecule has 0 fully saturated rings. The first kappa shape index (κ1) is 10.1. The van der Waals surface area contributed by atoms with Crippen LogP contribution in [0.2, 0.25) is 0 Å². The Morgan fingerprint density at radius 3 is 2.64 bits per heavy atom. The molecule has 4 heteroatoms. The van der Waals surface area contributed by atoms with E-state index in [0.29, 0.717) is 0 Å². The second kappa shape index (κ2) is 3.79. The van der Waals surface area contributed by atoms with Gasteiger partial charge in [0.25, 0.3) is 0 Å². The third kappa shape index (κ3) is 1.52. The zero-order chi connectivity index (χ0) is 10.7. The van der Waals surface area contributed by atoms with Gasteiger partial charge in [0, 0.05) is 0 Å². The van der Waals surface area contributed by atoms with Gasteiger partial charge in [0.05, 0.1) is 18.2 Å². The van der Waals surface area contributed by atoms with Crippen molar-refractivity contribution in [3.63, 3.8) is 0 Å². The summed E-state index contributed by atoms with van der Waals surface area (Å²) in [5.41, 5.74) is 0.357. The van der Waals surface area contributed by atoms with Crippen molar-refractivity contribution in [3.8, 4) is 17.6 Å². The minimum Gasteiger partial charge on any atom is -0.503 e. The lowest BCUT2D eigenvalue weighted by atomic mass is 10.1. The lowest BCUT2D eigenvalue weighted by molar-refractivity contribution is 0.101. The number of phenols is 1. The smallest absolute Gasteiger partial charge is 0.176 e. The van der Waals surface area contributed by atoms with Crippen LogP contribution in [0.4, 0.5) is 0 Å². The Hall–Kier alpha value is -2.02. The number of nitriles is 1. The van der Waals surface area contributed by atoms with Crippen LogP contribution in [0.3, 0.4) is 0 Å². The number of methoxy groups -OCH3 is 1. The largest absolute Gasteiger partial charge is 0.503 e. The van der Waals surface area contributed by atoms with E-state index in [1.807, 2.05) is 0 Å². The highest BCUT2D eigenvalue weighted by Crippen LogP contribution is 2.33. The lowest BCUT2D eigenvalue weighted by Gasteiger charge is -2.08. The number of ketones is 1. The van der Waals surface area contributed by atoms with Crippen LogP contribution in [0.5, 0.6) is 11.5 Å². The summed E-state index contributed by atoms with van der Waals surface area (Å²) < 4.78 is 4.86. The van der Waals surface area contributed by atoms with Gasteiger partial charge in [-0.05, 0) is 19.1 Å². The number of carbonyl (C=O) groups is 1. The van der Waals surface area contributed by atoms with Gasteiger partial charge in [0.1, 0.15) is 6.07 Å². The van der Waals surface area contributed by atoms with Gasteiger partial charge in [-0.25, -0.2) is 0 Å². The van der Waals surface area contributed by atoms with Gasteiger partial charge in [0.2, 0.25) is 0 Å². The Morgan fingerprint density at radius 2 is 2.21 bits per heavy atom. The SMILES string of the molecule is COc1c(C(C)=O)ccc(C#N)c1O. The zero-order valence-electron chi connectivity index (χ0n) is 7.87. The fourth-order valence-corrected chi connectivity index (χ4v) is 1.15. The number of hydrogen-bond acceptors (Lipinski definition) is 4. The quantitative estimate of drug-likeness (QED) is 0.718. The van der Waals surface area contributed by atoms with E-state index in [1.165, 1.54) is 26.2 Å². The highest BCUT2D eigenvalue weighted by molar-refractivity contribution is 5.98. The predicted octanol–water partition coefficient (Wildman–Crippen LogP) is 1.48. The van der Waals surface area contributed by atoms with E-state index in [-0.39, 0.29) is 28.4 Å². The third-order valence-corrected chi connectivity index (χ3v) is 1.84. The van der Waals surface area contributed by atoms with Gasteiger partial charge in [0.15, 0.2) is 17.3 Å². The van der Waals surface area contributed by atoms with Crippen molar-refractivity contribution in [1.29, 1.82) is 5.26 Å². The number of phenolic OH excluding ortho intramolecular Hbond substituents is 1. The number of nitrogens with zero attached hydrogens (tertiary/aromatic N) is 1. The van der Waals surface area contributed by atoms with Gasteiger partial charge in [-0.2, -0.15) is 5.26 Å². The highest BCUT2D eigenvalue weighted by Gasteiger charge is 2.15. The molecule has 0 aliphatic heterocycles. The Balaban J connectivity index is 3.45. The summed E-state index contributed by atoms with van der Waals surface area (Å²) >= 11 is 0. The molecule has 0 spiro atoms. The molecule has 0 aromatic heterocycles. The van der Waals surface area contributed by atoms with Crippen molar-refractivity contribution in [3.05, 3.63) is 23.3 Å². The van der Waals surface area contributed by atoms with Crippen LogP contribution < -0.4 is 4.74 Å². The Morgan fingerprint density at radius 1 is 1.57 bits per heavy atom. The maximum atomic E-state index is 11.1. The van der Waals surface area contributed by atoms with Crippen molar-refractivity contribution in [2.24, 2.45) is 0 Å². The van der Waals surface area contributed by atoms with Crippen molar-refractivity contribution in [2.45, 2.75) is 6.92 Å². The molecule has 0 bridgehead atoms. The predicted molar refractivity (Wildman–Crippen MR) is 49.4 cm³/mol. The van der Waals surface area contributed by atoms with E-state index >= 15 is 0 Å². The molecule has 0 atom stereocenters. The molecule has 0 saturated heterocycles. The van der Waals surface area contributed by atoms with Gasteiger partial charge < -0.3 is 9.84 Å². The van der Waals surface area contributed by atoms with E-state index in [0.717, 1.165) is 0 Å². The minimum atomic E-state index is -0.289. The Labute approximate surface area is 81.4 Å². The number of hydrogen-bond donors (Lipinski definition) is 1. The lowest BCUT2D eigenvalue weighted by Crippen LogP contribution is -1.98. The molecule has 14 heavy (non-hydrogen) atoms. The average Bonchev–Trinajstić information content (AvgIpc) is 2.17. The molecule has 72 valence electrons. The average molecular weight is 191 g/mol. The maximum Gasteiger partial charge on any atom is 0.176 e. The molecule has 0 saturated carbocycles. The normalized spacial score (nSPS) is 9.21. The summed E-state index contributed by atoms with van der Waals surface area (Å²) in [5.74, 6) is -0.458. The summed E-state index contributed by atoms with van der Waals surface area (Å²) in [7, 11) is 1.34. The fraction of sp³-hybridized carbons (Fsp3) is 0.200. The molecule has 0 amide bonds. The van der Waals surface area contributed by atoms with Crippen molar-refractivity contribution < 1.29 is 14.6 Å². The zero-order valence-corrected chi connectivity index (χ0v) is 7.87. The molecule has 1 rings (SSSR count). The molecule has 1 aromatic carbocycles. The number of benzene rings is 1. The molecule has 0 radical (unpaired) electrons. The van der Waals surface area contributed by atoms with E-state index in [1.54, 1.807) is 6.07 Å². The summed E-state index contributed by atoms with van der Waals surface area (Å²) in [6.45, 7) is 1.36. The fourth-order valence-electron chi connectivity index (χ4n) is 1.15. The van der Waals surface area contributed by atoms with Gasteiger partial charge >= 0.3 is 0 Å². The van der Waals surface area contributed by atoms with Gasteiger partial charge in [-0.1, -0.05) is 0 Å². The Bertz CT molecular complexity index is 418. The summed E-state index contributed by atoms with van der Waals surface area (Å²) in [5, 5.41) is 18.1. The van der Waals surface area contributed by atoms with Crippen LogP contribution in [-0.4, -0.2) is 18.0 Å². The molecule has 0 aliphatic rings. The van der Waals surface area contributed by atoms with E-state index in [4.69, 9.17) is 10.00 Å². The second-order valence-corrected chi connectivity index (χ2v) is 2.71. The third-order valence-electron chi connectivity index (χ3n) is 1.84. The molecule has 0 unspecified atom stereocenters.